The highest BCUT2D eigenvalue weighted by molar-refractivity contribution is 5.91. The number of amides is 1. The minimum atomic E-state index is -0.378. The van der Waals surface area contributed by atoms with Crippen LogP contribution in [0.5, 0.6) is 0 Å². The van der Waals surface area contributed by atoms with Gasteiger partial charge in [0.1, 0.15) is 12.1 Å². The van der Waals surface area contributed by atoms with E-state index in [-0.39, 0.29) is 18.1 Å². The number of nitrogens with zero attached hydrogens (tertiary/aromatic N) is 5. The van der Waals surface area contributed by atoms with Crippen molar-refractivity contribution in [2.45, 2.75) is 33.2 Å². The molecule has 0 saturated heterocycles. The Morgan fingerprint density at radius 3 is 2.52 bits per heavy atom. The Kier molecular flexibility index (Phi) is 5.05. The van der Waals surface area contributed by atoms with Crippen molar-refractivity contribution < 1.29 is 4.79 Å². The van der Waals surface area contributed by atoms with Gasteiger partial charge in [-0.05, 0) is 36.1 Å². The molecule has 0 atom stereocenters. The fourth-order valence-electron chi connectivity index (χ4n) is 3.86. The summed E-state index contributed by atoms with van der Waals surface area (Å²) in [5.74, 6) is 0.142. The first-order valence-corrected chi connectivity index (χ1v) is 10.8. The molecule has 0 unspecified atom stereocenters. The molecular formula is C25H24N6O2. The van der Waals surface area contributed by atoms with Gasteiger partial charge in [0.25, 0.3) is 0 Å². The lowest BCUT2D eigenvalue weighted by Crippen LogP contribution is -2.28. The molecule has 0 aliphatic heterocycles. The molecule has 8 nitrogen and oxygen atoms in total. The summed E-state index contributed by atoms with van der Waals surface area (Å²) in [6.45, 7) is 6.05. The van der Waals surface area contributed by atoms with Crippen molar-refractivity contribution in [2.24, 2.45) is 0 Å². The second-order valence-electron chi connectivity index (χ2n) is 8.43. The van der Waals surface area contributed by atoms with Crippen molar-refractivity contribution in [2.75, 3.05) is 5.32 Å². The van der Waals surface area contributed by atoms with E-state index in [1.54, 1.807) is 16.9 Å². The highest BCUT2D eigenvalue weighted by atomic mass is 16.2. The van der Waals surface area contributed by atoms with Gasteiger partial charge in [0.15, 0.2) is 5.65 Å². The van der Waals surface area contributed by atoms with E-state index in [1.165, 1.54) is 14.6 Å². The lowest BCUT2D eigenvalue weighted by molar-refractivity contribution is -0.117. The lowest BCUT2D eigenvalue weighted by atomic mass is 10.0. The summed E-state index contributed by atoms with van der Waals surface area (Å²) >= 11 is 0. The number of hydrogen-bond acceptors (Lipinski definition) is 4. The Balaban J connectivity index is 1.48. The maximum atomic E-state index is 12.9. The van der Waals surface area contributed by atoms with Crippen molar-refractivity contribution >= 4 is 22.8 Å². The number of aryl methyl sites for hydroxylation is 1. The van der Waals surface area contributed by atoms with Gasteiger partial charge in [-0.1, -0.05) is 56.3 Å². The highest BCUT2D eigenvalue weighted by Gasteiger charge is 2.16. The molecular weight excluding hydrogens is 416 g/mol. The van der Waals surface area contributed by atoms with Crippen LogP contribution in [-0.2, 0) is 11.3 Å². The molecule has 0 aliphatic rings. The van der Waals surface area contributed by atoms with Crippen molar-refractivity contribution in [1.82, 2.24) is 23.8 Å². The zero-order chi connectivity index (χ0) is 23.1. The van der Waals surface area contributed by atoms with Gasteiger partial charge < -0.3 is 5.32 Å². The summed E-state index contributed by atoms with van der Waals surface area (Å²) in [6.07, 6.45) is 3.33. The first-order chi connectivity index (χ1) is 15.9. The Hall–Kier alpha value is -4.20. The fraction of sp³-hybridized carbons (Fsp3) is 0.200. The molecule has 0 saturated carbocycles. The van der Waals surface area contributed by atoms with Crippen molar-refractivity contribution in [1.29, 1.82) is 0 Å². The van der Waals surface area contributed by atoms with Gasteiger partial charge in [-0.25, -0.2) is 18.4 Å². The lowest BCUT2D eigenvalue weighted by Gasteiger charge is -2.07. The van der Waals surface area contributed by atoms with Crippen molar-refractivity contribution in [3.05, 3.63) is 88.6 Å². The molecule has 2 aromatic carbocycles. The SMILES string of the molecule is Cc1ccccc1NC(=O)Cn1nc2c3cc(-c4ccc(C(C)C)cc4)nn3ccn2c1=O. The predicted molar refractivity (Wildman–Crippen MR) is 128 cm³/mol. The molecule has 0 fully saturated rings. The normalized spacial score (nSPS) is 11.5. The molecule has 0 bridgehead atoms. The number of carbonyl (C=O) groups is 1. The molecule has 5 rings (SSSR count). The average Bonchev–Trinajstić information content (AvgIpc) is 3.37. The maximum Gasteiger partial charge on any atom is 0.350 e. The van der Waals surface area contributed by atoms with Gasteiger partial charge in [0.05, 0.1) is 5.69 Å². The molecule has 0 aliphatic carbocycles. The molecule has 0 radical (unpaired) electrons. The number of hydrogen-bond donors (Lipinski definition) is 1. The zero-order valence-electron chi connectivity index (χ0n) is 18.7. The molecule has 166 valence electrons. The highest BCUT2D eigenvalue weighted by Crippen LogP contribution is 2.24. The van der Waals surface area contributed by atoms with Crippen LogP contribution in [0.15, 0.2) is 71.8 Å². The number of aromatic nitrogens is 5. The van der Waals surface area contributed by atoms with Gasteiger partial charge >= 0.3 is 5.69 Å². The van der Waals surface area contributed by atoms with E-state index in [1.807, 2.05) is 37.3 Å². The van der Waals surface area contributed by atoms with Gasteiger partial charge in [0, 0.05) is 23.6 Å². The third-order valence-corrected chi connectivity index (χ3v) is 5.78. The number of fused-ring (bicyclic) bond motifs is 3. The summed E-state index contributed by atoms with van der Waals surface area (Å²) in [4.78, 5) is 25.4. The Bertz CT molecular complexity index is 1540. The van der Waals surface area contributed by atoms with Gasteiger partial charge in [0.2, 0.25) is 5.91 Å². The summed E-state index contributed by atoms with van der Waals surface area (Å²) in [5, 5.41) is 11.9. The topological polar surface area (TPSA) is 85.7 Å². The summed E-state index contributed by atoms with van der Waals surface area (Å²) in [5.41, 5.74) is 5.46. The van der Waals surface area contributed by atoms with Crippen LogP contribution in [0, 0.1) is 6.92 Å². The predicted octanol–water partition coefficient (Wildman–Crippen LogP) is 3.88. The van der Waals surface area contributed by atoms with Crippen LogP contribution in [0.3, 0.4) is 0 Å². The first kappa shape index (κ1) is 20.7. The van der Waals surface area contributed by atoms with Crippen LogP contribution in [0.4, 0.5) is 5.69 Å². The molecule has 0 spiro atoms. The quantitative estimate of drug-likeness (QED) is 0.449. The molecule has 1 N–H and O–H groups in total. The third-order valence-electron chi connectivity index (χ3n) is 5.78. The molecule has 3 aromatic heterocycles. The van der Waals surface area contributed by atoms with E-state index in [2.05, 4.69) is 53.6 Å². The average molecular weight is 441 g/mol. The molecule has 1 amide bonds. The number of para-hydroxylation sites is 1. The van der Waals surface area contributed by atoms with Crippen LogP contribution in [0.25, 0.3) is 22.4 Å². The van der Waals surface area contributed by atoms with Crippen LogP contribution in [0.1, 0.15) is 30.9 Å². The molecule has 33 heavy (non-hydrogen) atoms. The van der Waals surface area contributed by atoms with Crippen molar-refractivity contribution in [3.63, 3.8) is 0 Å². The minimum absolute atomic E-state index is 0.182. The van der Waals surface area contributed by atoms with E-state index >= 15 is 0 Å². The second-order valence-corrected chi connectivity index (χ2v) is 8.43. The van der Waals surface area contributed by atoms with Crippen LogP contribution in [0.2, 0.25) is 0 Å². The van der Waals surface area contributed by atoms with Crippen molar-refractivity contribution in [3.8, 4) is 11.3 Å². The number of anilines is 1. The molecule has 5 aromatic rings. The van der Waals surface area contributed by atoms with Crippen LogP contribution >= 0.6 is 0 Å². The number of nitrogens with one attached hydrogen (secondary N) is 1. The number of carbonyl (C=O) groups excluding carboxylic acids is 1. The zero-order valence-corrected chi connectivity index (χ0v) is 18.7. The van der Waals surface area contributed by atoms with Crippen LogP contribution < -0.4 is 11.0 Å². The monoisotopic (exact) mass is 440 g/mol. The summed E-state index contributed by atoms with van der Waals surface area (Å²) in [6, 6.07) is 17.7. The Morgan fingerprint density at radius 1 is 1.03 bits per heavy atom. The number of benzene rings is 2. The van der Waals surface area contributed by atoms with Gasteiger partial charge in [-0.3, -0.25) is 4.79 Å². The minimum Gasteiger partial charge on any atom is -0.324 e. The smallest absolute Gasteiger partial charge is 0.324 e. The van der Waals surface area contributed by atoms with E-state index in [4.69, 9.17) is 0 Å². The summed E-state index contributed by atoms with van der Waals surface area (Å²) in [7, 11) is 0. The largest absolute Gasteiger partial charge is 0.350 e. The molecule has 8 heteroatoms. The van der Waals surface area contributed by atoms with E-state index in [0.29, 0.717) is 22.8 Å². The Labute approximate surface area is 190 Å². The van der Waals surface area contributed by atoms with E-state index in [0.717, 1.165) is 16.8 Å². The fourth-order valence-corrected chi connectivity index (χ4v) is 3.86. The van der Waals surface area contributed by atoms with E-state index in [9.17, 15) is 9.59 Å². The molecule has 3 heterocycles. The van der Waals surface area contributed by atoms with Gasteiger partial charge in [-0.2, -0.15) is 5.10 Å². The maximum absolute atomic E-state index is 12.9. The Morgan fingerprint density at radius 2 is 1.79 bits per heavy atom. The first-order valence-electron chi connectivity index (χ1n) is 10.8. The summed E-state index contributed by atoms with van der Waals surface area (Å²) < 4.78 is 4.31. The number of rotatable bonds is 5. The third kappa shape index (κ3) is 3.80. The van der Waals surface area contributed by atoms with E-state index < -0.39 is 0 Å². The van der Waals surface area contributed by atoms with Gasteiger partial charge in [-0.15, -0.1) is 5.10 Å². The standard InChI is InChI=1S/C25H24N6O2/c1-16(2)18-8-10-19(11-9-18)21-14-22-24-28-31(25(33)29(24)12-13-30(22)27-21)15-23(32)26-20-7-5-4-6-17(20)3/h4-14,16H,15H2,1-3H3,(H,26,32). The second kappa shape index (κ2) is 8.05. The van der Waals surface area contributed by atoms with Crippen LogP contribution in [-0.4, -0.2) is 29.7 Å².